The van der Waals surface area contributed by atoms with E-state index in [0.29, 0.717) is 5.56 Å². The van der Waals surface area contributed by atoms with Gasteiger partial charge in [-0.25, -0.2) is 14.4 Å². The molecule has 27 nitrogen and oxygen atoms in total. The molecule has 2 saturated heterocycles. The minimum Gasteiger partial charge on any atom is -0.507 e. The van der Waals surface area contributed by atoms with E-state index >= 15 is 0 Å². The molecule has 522 valence electrons. The van der Waals surface area contributed by atoms with Gasteiger partial charge in [0.05, 0.1) is 77.8 Å². The molecule has 2 aliphatic heterocycles. The second-order valence-corrected chi connectivity index (χ2v) is 27.7. The van der Waals surface area contributed by atoms with E-state index < -0.39 is 208 Å². The van der Waals surface area contributed by atoms with Gasteiger partial charge >= 0.3 is 24.0 Å². The molecule has 2 saturated carbocycles. The maximum absolute atomic E-state index is 14.9. The third kappa shape index (κ3) is 12.3. The zero-order valence-electron chi connectivity index (χ0n) is 55.1. The number of carbonyl (C=O) groups excluding carboxylic acids is 8. The van der Waals surface area contributed by atoms with Crippen molar-refractivity contribution in [1.82, 2.24) is 5.32 Å². The SMILES string of the molecule is CC(=O)O[C@@]12CO[C@@H]1C[C@H](O)[C@@]1(C)C(=O)[C@H](O)C3=C(C)[C@@H](OC(=O)C(O)[C@@H](NC(=O)OC(C)(C)C)c4ccccc4)C[C@@](O)([C@@H](OC(=O)c4ccccc4)[C@H]21)C3(C)C.COc1cccc2c1C(=O)c1c(O)c3c(c(O)c1C2=O)C[C@@](O)(C(=O)CO)C[C@@H]3O[C@H]1C[C@H](N)[C@H](O)[C@H](C)O1. The van der Waals surface area contributed by atoms with Crippen LogP contribution < -0.4 is 15.8 Å². The molecule has 0 radical (unpaired) electrons. The summed E-state index contributed by atoms with van der Waals surface area (Å²) in [6, 6.07) is 18.3. The van der Waals surface area contributed by atoms with Crippen molar-refractivity contribution in [1.29, 1.82) is 0 Å². The van der Waals surface area contributed by atoms with E-state index in [4.69, 9.17) is 43.6 Å². The maximum atomic E-state index is 14.9. The second-order valence-electron chi connectivity index (χ2n) is 27.7. The van der Waals surface area contributed by atoms with Gasteiger partial charge in [-0.05, 0) is 76.5 Å². The lowest BCUT2D eigenvalue weighted by atomic mass is 9.44. The highest BCUT2D eigenvalue weighted by Crippen LogP contribution is 2.64. The molecular formula is C70H82N2O25. The second kappa shape index (κ2) is 26.3. The van der Waals surface area contributed by atoms with E-state index in [1.54, 1.807) is 90.1 Å². The van der Waals surface area contributed by atoms with E-state index in [1.807, 2.05) is 0 Å². The Morgan fingerprint density at radius 2 is 1.46 bits per heavy atom. The van der Waals surface area contributed by atoms with Gasteiger partial charge in [0.1, 0.15) is 65.1 Å². The van der Waals surface area contributed by atoms with Crippen LogP contribution in [0.2, 0.25) is 0 Å². The Balaban J connectivity index is 0.000000227. The topological polar surface area (TPSA) is 431 Å². The number of nitrogens with one attached hydrogen (secondary N) is 1. The Hall–Kier alpha value is -8.06. The van der Waals surface area contributed by atoms with Gasteiger partial charge in [-0.15, -0.1) is 0 Å². The van der Waals surface area contributed by atoms with Crippen LogP contribution in [0, 0.1) is 16.7 Å². The summed E-state index contributed by atoms with van der Waals surface area (Å²) in [5, 5.41) is 105. The fourth-order valence-electron chi connectivity index (χ4n) is 15.3. The number of Topliss-reactive ketones (excluding diaryl/α,β-unsaturated/α-hetero) is 2. The zero-order chi connectivity index (χ0) is 71.1. The third-order valence-electron chi connectivity index (χ3n) is 20.4. The van der Waals surface area contributed by atoms with Crippen molar-refractivity contribution in [2.24, 2.45) is 22.5 Å². The summed E-state index contributed by atoms with van der Waals surface area (Å²) in [5.41, 5.74) is -5.76. The number of ether oxygens (including phenoxy) is 8. The summed E-state index contributed by atoms with van der Waals surface area (Å²) in [6.07, 6.45) is -16.6. The van der Waals surface area contributed by atoms with Gasteiger partial charge < -0.3 is 94.9 Å². The summed E-state index contributed by atoms with van der Waals surface area (Å²) in [4.78, 5) is 109. The molecule has 17 atom stereocenters. The number of benzene rings is 4. The first-order chi connectivity index (χ1) is 45.4. The van der Waals surface area contributed by atoms with Crippen LogP contribution in [0.1, 0.15) is 159 Å². The highest BCUT2D eigenvalue weighted by Gasteiger charge is 2.78. The molecule has 1 amide bonds. The number of methoxy groups -OCH3 is 1. The average molecular weight is 1350 g/mol. The van der Waals surface area contributed by atoms with Gasteiger partial charge in [0.15, 0.2) is 35.3 Å². The van der Waals surface area contributed by atoms with Crippen LogP contribution in [0.5, 0.6) is 17.2 Å². The lowest BCUT2D eigenvalue weighted by molar-refractivity contribution is -0.346. The predicted octanol–water partition coefficient (Wildman–Crippen LogP) is 3.26. The number of aliphatic hydroxyl groups excluding tert-OH is 5. The summed E-state index contributed by atoms with van der Waals surface area (Å²) >= 11 is 0. The van der Waals surface area contributed by atoms with Crippen LogP contribution >= 0.6 is 0 Å². The Bertz CT molecular complexity index is 3840. The number of aromatic hydroxyl groups is 2. The largest absolute Gasteiger partial charge is 0.507 e. The van der Waals surface area contributed by atoms with Gasteiger partial charge in [-0.2, -0.15) is 0 Å². The van der Waals surface area contributed by atoms with E-state index in [1.165, 1.54) is 51.3 Å². The highest BCUT2D eigenvalue weighted by molar-refractivity contribution is 6.31. The molecule has 97 heavy (non-hydrogen) atoms. The standard InChI is InChI=1S/C43H53NO14.C27H29NO11/c1-22-26(55-37(51)32(48)30(24-15-11-9-12-16-24)44-38(52)58-39(3,4)5)20-43(53)35(56-36(50)25-17-13-10-14-18-25)33-41(8,34(49)31(47)29(22)40(43,6)7)27(46)19-28-42(33,21-54-28)57-23(2)45;1-10-22(31)13(28)6-17(38-10)39-15-8-27(36,16(30)9-29)7-12-19(15)26(35)21-20(24(12)33)23(32)11-4-3-5-14(37-2)18(11)25(21)34/h9-18,26-28,30-33,35,46-48,53H,19-21H2,1-8H3,(H,44,52);3-5,10,13,15,17,22,29,31,33,35-36H,6-9,28H2,1-2H3/t26-,27-,28+,30-,31+,32?,33-,35-,41+,42-,43+;10-,13-,15-,17-,22+,27-/m00/s1. The van der Waals surface area contributed by atoms with Crippen LogP contribution in [0.3, 0.4) is 0 Å². The first-order valence-electron chi connectivity index (χ1n) is 31.7. The lowest BCUT2D eigenvalue weighted by Gasteiger charge is -2.67. The fraction of sp³-hybridized carbons (Fsp3) is 0.514. The van der Waals surface area contributed by atoms with Crippen molar-refractivity contribution in [3.63, 3.8) is 0 Å². The lowest BCUT2D eigenvalue weighted by Crippen LogP contribution is -2.81. The molecular weight excluding hydrogens is 1270 g/mol. The average Bonchev–Trinajstić information content (AvgIpc) is 0.674. The van der Waals surface area contributed by atoms with Crippen molar-refractivity contribution < 1.29 is 122 Å². The fourth-order valence-corrected chi connectivity index (χ4v) is 15.3. The van der Waals surface area contributed by atoms with Crippen molar-refractivity contribution >= 4 is 47.1 Å². The Kier molecular flexibility index (Phi) is 19.5. The molecule has 7 aliphatic rings. The first-order valence-corrected chi connectivity index (χ1v) is 31.7. The smallest absolute Gasteiger partial charge is 0.408 e. The number of ketones is 4. The number of phenols is 2. The number of nitrogens with two attached hydrogens (primary N) is 1. The molecule has 2 heterocycles. The van der Waals surface area contributed by atoms with Gasteiger partial charge in [-0.1, -0.05) is 74.5 Å². The van der Waals surface area contributed by atoms with E-state index in [9.17, 15) is 84.3 Å². The maximum Gasteiger partial charge on any atom is 0.408 e. The third-order valence-corrected chi connectivity index (χ3v) is 20.4. The molecule has 4 fully saturated rings. The number of hydrogen-bond acceptors (Lipinski definition) is 26. The zero-order valence-corrected chi connectivity index (χ0v) is 55.1. The molecule has 0 aromatic heterocycles. The molecule has 4 aromatic rings. The van der Waals surface area contributed by atoms with Crippen LogP contribution in [-0.2, 0) is 58.8 Å². The van der Waals surface area contributed by atoms with E-state index in [-0.39, 0.29) is 64.2 Å². The van der Waals surface area contributed by atoms with Gasteiger partial charge in [-0.3, -0.25) is 24.0 Å². The number of phenolic OH excluding ortho intramolecular Hbond substituents is 2. The number of fused-ring (bicyclic) bond motifs is 8. The molecule has 1 unspecified atom stereocenters. The number of esters is 3. The van der Waals surface area contributed by atoms with Gasteiger partial charge in [0.25, 0.3) is 0 Å². The van der Waals surface area contributed by atoms with Crippen LogP contribution in [0.25, 0.3) is 0 Å². The Morgan fingerprint density at radius 3 is 2.05 bits per heavy atom. The van der Waals surface area contributed by atoms with Crippen molar-refractivity contribution in [3.05, 3.63) is 135 Å². The molecule has 5 aliphatic carbocycles. The molecule has 12 N–H and O–H groups in total. The summed E-state index contributed by atoms with van der Waals surface area (Å²) in [6.45, 7) is 12.4. The summed E-state index contributed by atoms with van der Waals surface area (Å²) < 4.78 is 46.5. The van der Waals surface area contributed by atoms with Crippen LogP contribution in [0.15, 0.2) is 90.0 Å². The Labute approximate surface area is 557 Å². The summed E-state index contributed by atoms with van der Waals surface area (Å²) in [5.74, 6) is -9.14. The predicted molar refractivity (Wildman–Crippen MR) is 335 cm³/mol. The normalized spacial score (nSPS) is 32.1. The number of alkyl carbamates (subject to hydrolysis) is 1. The quantitative estimate of drug-likeness (QED) is 0.0349. The van der Waals surface area contributed by atoms with Crippen LogP contribution in [0.4, 0.5) is 4.79 Å². The Morgan fingerprint density at radius 1 is 0.825 bits per heavy atom. The minimum absolute atomic E-state index is 0.0173. The number of hydrogen-bond donors (Lipinski definition) is 11. The monoisotopic (exact) mass is 1350 g/mol. The number of amides is 1. The van der Waals surface area contributed by atoms with Crippen molar-refractivity contribution in [2.75, 3.05) is 20.3 Å². The molecule has 2 bridgehead atoms. The number of rotatable bonds is 13. The van der Waals surface area contributed by atoms with E-state index in [0.717, 1.165) is 6.92 Å². The molecule has 4 aromatic carbocycles. The first kappa shape index (κ1) is 71.7. The van der Waals surface area contributed by atoms with Gasteiger partial charge in [0, 0.05) is 67.2 Å². The summed E-state index contributed by atoms with van der Waals surface area (Å²) in [7, 11) is 1.32. The molecule has 27 heteroatoms. The molecule has 0 spiro atoms. The van der Waals surface area contributed by atoms with Crippen LogP contribution in [-0.4, -0.2) is 197 Å². The van der Waals surface area contributed by atoms with Crippen molar-refractivity contribution in [2.45, 2.75) is 190 Å². The van der Waals surface area contributed by atoms with Crippen molar-refractivity contribution in [3.8, 4) is 17.2 Å². The highest BCUT2D eigenvalue weighted by atomic mass is 16.7. The number of aliphatic hydroxyl groups is 7. The van der Waals surface area contributed by atoms with E-state index in [2.05, 4.69) is 5.32 Å². The number of carbonyl (C=O) groups is 8. The minimum atomic E-state index is -2.35. The van der Waals surface area contributed by atoms with Gasteiger partial charge in [0.2, 0.25) is 5.78 Å². The molecule has 11 rings (SSSR count).